The van der Waals surface area contributed by atoms with E-state index >= 15 is 0 Å². The summed E-state index contributed by atoms with van der Waals surface area (Å²) in [5.74, 6) is 0.507. The summed E-state index contributed by atoms with van der Waals surface area (Å²) in [6.07, 6.45) is 0. The lowest BCUT2D eigenvalue weighted by Crippen LogP contribution is -2.17. The van der Waals surface area contributed by atoms with Crippen molar-refractivity contribution in [2.75, 3.05) is 0 Å². The highest BCUT2D eigenvalue weighted by atomic mass is 79.9. The minimum Gasteiger partial charge on any atom is -0.506 e. The number of phenolic OH excluding ortho intramolecular Hbond substituents is 1. The molecule has 1 atom stereocenters. The number of benzene rings is 1. The maximum atomic E-state index is 9.84. The van der Waals surface area contributed by atoms with Crippen molar-refractivity contribution in [3.05, 3.63) is 26.6 Å². The number of hydrogen-bond donors (Lipinski definition) is 2. The fraction of sp³-hybridized carbons (Fsp3) is 0.400. The van der Waals surface area contributed by atoms with Crippen molar-refractivity contribution in [2.24, 2.45) is 11.7 Å². The van der Waals surface area contributed by atoms with Crippen LogP contribution in [0, 0.1) is 5.92 Å². The molecule has 3 N–H and O–H groups in total. The zero-order valence-corrected chi connectivity index (χ0v) is 11.3. The van der Waals surface area contributed by atoms with Crippen LogP contribution in [0.1, 0.15) is 25.5 Å². The number of aromatic hydroxyl groups is 1. The molecule has 0 radical (unpaired) electrons. The molecule has 0 aliphatic carbocycles. The predicted octanol–water partition coefficient (Wildman–Crippen LogP) is 3.57. The summed E-state index contributed by atoms with van der Waals surface area (Å²) in [4.78, 5) is 0. The van der Waals surface area contributed by atoms with Crippen molar-refractivity contribution in [1.82, 2.24) is 0 Å². The molecule has 0 saturated heterocycles. The van der Waals surface area contributed by atoms with E-state index in [2.05, 4.69) is 31.9 Å². The van der Waals surface area contributed by atoms with Crippen LogP contribution >= 0.6 is 31.9 Å². The van der Waals surface area contributed by atoms with E-state index in [4.69, 9.17) is 5.73 Å². The first-order valence-electron chi connectivity index (χ1n) is 4.37. The van der Waals surface area contributed by atoms with E-state index in [1.807, 2.05) is 19.9 Å². The molecule has 1 aromatic rings. The third-order valence-corrected chi connectivity index (χ3v) is 3.50. The van der Waals surface area contributed by atoms with Crippen LogP contribution in [0.4, 0.5) is 0 Å². The Balaban J connectivity index is 3.25. The maximum Gasteiger partial charge on any atom is 0.135 e. The van der Waals surface area contributed by atoms with Gasteiger partial charge >= 0.3 is 0 Å². The molecule has 14 heavy (non-hydrogen) atoms. The van der Waals surface area contributed by atoms with Crippen LogP contribution < -0.4 is 5.73 Å². The summed E-state index contributed by atoms with van der Waals surface area (Å²) >= 11 is 6.66. The van der Waals surface area contributed by atoms with Gasteiger partial charge in [-0.3, -0.25) is 0 Å². The number of nitrogens with two attached hydrogens (primary N) is 1. The molecule has 0 aliphatic rings. The van der Waals surface area contributed by atoms with Crippen LogP contribution in [0.25, 0.3) is 0 Å². The first-order chi connectivity index (χ1) is 6.45. The molecule has 0 spiro atoms. The molecular formula is C10H13Br2NO. The van der Waals surface area contributed by atoms with Gasteiger partial charge < -0.3 is 10.8 Å². The van der Waals surface area contributed by atoms with Gasteiger partial charge in [0.2, 0.25) is 0 Å². The fourth-order valence-corrected chi connectivity index (χ4v) is 2.14. The second-order valence-electron chi connectivity index (χ2n) is 3.56. The van der Waals surface area contributed by atoms with E-state index in [9.17, 15) is 5.11 Å². The Kier molecular flexibility index (Phi) is 3.98. The van der Waals surface area contributed by atoms with Crippen LogP contribution in [-0.4, -0.2) is 5.11 Å². The Labute approximate surface area is 101 Å². The molecule has 1 aromatic carbocycles. The Morgan fingerprint density at radius 1 is 1.21 bits per heavy atom. The van der Waals surface area contributed by atoms with Crippen molar-refractivity contribution >= 4 is 31.9 Å². The minimum absolute atomic E-state index is 0.165. The summed E-state index contributed by atoms with van der Waals surface area (Å²) < 4.78 is 1.52. The molecule has 0 aromatic heterocycles. The Bertz CT molecular complexity index is 339. The molecule has 78 valence electrons. The molecule has 0 heterocycles. The van der Waals surface area contributed by atoms with Crippen molar-refractivity contribution in [2.45, 2.75) is 19.9 Å². The van der Waals surface area contributed by atoms with Crippen LogP contribution in [0.3, 0.4) is 0 Å². The molecule has 1 unspecified atom stereocenters. The van der Waals surface area contributed by atoms with E-state index in [1.165, 1.54) is 0 Å². The quantitative estimate of drug-likeness (QED) is 0.874. The molecule has 0 saturated carbocycles. The number of rotatable bonds is 2. The highest BCUT2D eigenvalue weighted by Crippen LogP contribution is 2.38. The fourth-order valence-electron chi connectivity index (χ4n) is 1.21. The third kappa shape index (κ3) is 2.30. The monoisotopic (exact) mass is 321 g/mol. The highest BCUT2D eigenvalue weighted by Gasteiger charge is 2.19. The first kappa shape index (κ1) is 12.0. The number of halogens is 2. The van der Waals surface area contributed by atoms with Crippen molar-refractivity contribution in [1.29, 1.82) is 0 Å². The summed E-state index contributed by atoms with van der Waals surface area (Å²) in [7, 11) is 0. The second-order valence-corrected chi connectivity index (χ2v) is 5.27. The number of phenols is 1. The maximum absolute atomic E-state index is 9.84. The molecule has 2 nitrogen and oxygen atoms in total. The molecule has 0 fully saturated rings. The molecule has 1 rings (SSSR count). The average molecular weight is 323 g/mol. The van der Waals surface area contributed by atoms with Gasteiger partial charge in [0.15, 0.2) is 0 Å². The van der Waals surface area contributed by atoms with Crippen LogP contribution in [0.15, 0.2) is 21.1 Å². The topological polar surface area (TPSA) is 46.2 Å². The lowest BCUT2D eigenvalue weighted by Gasteiger charge is -2.19. The Hall–Kier alpha value is -0.0600. The summed E-state index contributed by atoms with van der Waals surface area (Å²) in [5, 5.41) is 9.84. The minimum atomic E-state index is -0.165. The van der Waals surface area contributed by atoms with Crippen LogP contribution in [0.2, 0.25) is 0 Å². The Morgan fingerprint density at radius 3 is 2.21 bits per heavy atom. The zero-order chi connectivity index (χ0) is 10.9. The molecule has 0 bridgehead atoms. The van der Waals surface area contributed by atoms with Gasteiger partial charge in [-0.15, -0.1) is 0 Å². The normalized spacial score (nSPS) is 13.3. The van der Waals surface area contributed by atoms with Gasteiger partial charge in [0.25, 0.3) is 0 Å². The third-order valence-electron chi connectivity index (χ3n) is 2.17. The van der Waals surface area contributed by atoms with Crippen LogP contribution in [-0.2, 0) is 0 Å². The zero-order valence-electron chi connectivity index (χ0n) is 8.09. The van der Waals surface area contributed by atoms with Crippen molar-refractivity contribution in [3.63, 3.8) is 0 Å². The lowest BCUT2D eigenvalue weighted by molar-refractivity contribution is 0.436. The van der Waals surface area contributed by atoms with Gasteiger partial charge in [0.1, 0.15) is 5.75 Å². The smallest absolute Gasteiger partial charge is 0.135 e. The van der Waals surface area contributed by atoms with Gasteiger partial charge in [0.05, 0.1) is 4.47 Å². The first-order valence-corrected chi connectivity index (χ1v) is 5.96. The number of hydrogen-bond acceptors (Lipinski definition) is 2. The van der Waals surface area contributed by atoms with Crippen molar-refractivity contribution in [3.8, 4) is 5.75 Å². The summed E-state index contributed by atoms with van der Waals surface area (Å²) in [6.45, 7) is 4.05. The predicted molar refractivity (Wildman–Crippen MR) is 65.3 cm³/mol. The van der Waals surface area contributed by atoms with Crippen LogP contribution in [0.5, 0.6) is 5.75 Å². The summed E-state index contributed by atoms with van der Waals surface area (Å²) in [6, 6.07) is 3.50. The lowest BCUT2D eigenvalue weighted by atomic mass is 9.96. The van der Waals surface area contributed by atoms with Gasteiger partial charge in [0, 0.05) is 16.1 Å². The second kappa shape index (κ2) is 4.64. The standard InChI is InChI=1S/C10H13Br2NO/c1-5(2)9(13)8-6(11)3-4-7(12)10(8)14/h3-5,9,14H,13H2,1-2H3. The van der Waals surface area contributed by atoms with Gasteiger partial charge in [-0.1, -0.05) is 29.8 Å². The largest absolute Gasteiger partial charge is 0.506 e. The Morgan fingerprint density at radius 2 is 1.71 bits per heavy atom. The molecule has 0 aliphatic heterocycles. The highest BCUT2D eigenvalue weighted by molar-refractivity contribution is 9.11. The van der Waals surface area contributed by atoms with E-state index in [1.54, 1.807) is 6.07 Å². The van der Waals surface area contributed by atoms with Gasteiger partial charge in [-0.05, 0) is 34.0 Å². The molecular weight excluding hydrogens is 310 g/mol. The van der Waals surface area contributed by atoms with Crippen molar-refractivity contribution < 1.29 is 5.11 Å². The van der Waals surface area contributed by atoms with E-state index < -0.39 is 0 Å². The molecule has 4 heteroatoms. The summed E-state index contributed by atoms with van der Waals surface area (Å²) in [5.41, 5.74) is 6.76. The van der Waals surface area contributed by atoms with E-state index in [0.29, 0.717) is 4.47 Å². The SMILES string of the molecule is CC(C)C(N)c1c(Br)ccc(Br)c1O. The van der Waals surface area contributed by atoms with Gasteiger partial charge in [-0.25, -0.2) is 0 Å². The van der Waals surface area contributed by atoms with Gasteiger partial charge in [-0.2, -0.15) is 0 Å². The van der Waals surface area contributed by atoms with E-state index in [-0.39, 0.29) is 17.7 Å². The average Bonchev–Trinajstić information content (AvgIpc) is 2.12. The molecule has 0 amide bonds. The van der Waals surface area contributed by atoms with E-state index in [0.717, 1.165) is 10.0 Å².